The van der Waals surface area contributed by atoms with Crippen LogP contribution in [0.1, 0.15) is 47.5 Å². The van der Waals surface area contributed by atoms with Gasteiger partial charge in [0.15, 0.2) is 0 Å². The normalized spacial score (nSPS) is 21.4. The molecule has 0 aliphatic heterocycles. The second kappa shape index (κ2) is 19.0. The summed E-state index contributed by atoms with van der Waals surface area (Å²) >= 11 is 0. The Labute approximate surface area is 372 Å². The third-order valence-corrected chi connectivity index (χ3v) is 12.3. The van der Waals surface area contributed by atoms with Crippen molar-refractivity contribution in [1.82, 2.24) is 9.55 Å². The maximum atomic E-state index is 5.06. The molecule has 0 amide bonds. The summed E-state index contributed by atoms with van der Waals surface area (Å²) < 4.78 is 2.18. The van der Waals surface area contributed by atoms with Crippen molar-refractivity contribution in [3.63, 3.8) is 0 Å². The lowest BCUT2D eigenvalue weighted by molar-refractivity contribution is 0.395. The van der Waals surface area contributed by atoms with Gasteiger partial charge in [-0.3, -0.25) is 4.57 Å². The second-order valence-electron chi connectivity index (χ2n) is 16.4. The minimum Gasteiger partial charge on any atom is -0.299 e. The molecule has 3 unspecified atom stereocenters. The lowest BCUT2D eigenvalue weighted by Crippen LogP contribution is -2.30. The van der Waals surface area contributed by atoms with Crippen molar-refractivity contribution >= 4 is 45.7 Å². The molecule has 2 heteroatoms. The maximum Gasteiger partial charge on any atom is 0.144 e. The van der Waals surface area contributed by atoms with Crippen LogP contribution in [0.4, 0.5) is 0 Å². The Morgan fingerprint density at radius 3 is 2.32 bits per heavy atom. The summed E-state index contributed by atoms with van der Waals surface area (Å²) in [5.74, 6) is 1.75. The molecular formula is C61H52N2. The van der Waals surface area contributed by atoms with E-state index in [1.54, 1.807) is 6.08 Å². The molecule has 9 rings (SSSR count). The molecule has 63 heavy (non-hydrogen) atoms. The zero-order chi connectivity index (χ0) is 43.0. The number of imidazole rings is 1. The van der Waals surface area contributed by atoms with E-state index in [4.69, 9.17) is 4.98 Å². The van der Waals surface area contributed by atoms with E-state index in [9.17, 15) is 0 Å². The first-order valence-electron chi connectivity index (χ1n) is 22.0. The zero-order valence-electron chi connectivity index (χ0n) is 35.7. The number of rotatable bonds is 11. The van der Waals surface area contributed by atoms with Crippen molar-refractivity contribution in [2.45, 2.75) is 19.3 Å². The molecule has 0 saturated heterocycles. The van der Waals surface area contributed by atoms with Gasteiger partial charge in [0, 0.05) is 23.4 Å². The van der Waals surface area contributed by atoms with Crippen LogP contribution in [0, 0.1) is 17.8 Å². The summed E-state index contributed by atoms with van der Waals surface area (Å²) in [5, 5.41) is 4.83. The SMILES string of the molecule is C=C/C=C\c1cn(-c2ccccc2)c(C2=CC3C=CC(=C)C(C/C=C/c4ccc5/c(c4)=C(c4ccc6ccccc6c4)\C=C\CC\C=C/C=5C(=C)/C=C\c4ccccc4)C3C=C2)n1. The zero-order valence-corrected chi connectivity index (χ0v) is 35.7. The van der Waals surface area contributed by atoms with Crippen LogP contribution in [0.25, 0.3) is 51.4 Å². The highest BCUT2D eigenvalue weighted by Gasteiger charge is 2.31. The van der Waals surface area contributed by atoms with Gasteiger partial charge in [0.25, 0.3) is 0 Å². The number of hydrogen-bond donors (Lipinski definition) is 0. The highest BCUT2D eigenvalue weighted by molar-refractivity contribution is 5.88. The van der Waals surface area contributed by atoms with Crippen molar-refractivity contribution in [1.29, 1.82) is 0 Å². The van der Waals surface area contributed by atoms with Crippen molar-refractivity contribution < 1.29 is 0 Å². The highest BCUT2D eigenvalue weighted by atomic mass is 15.1. The Bertz CT molecular complexity index is 3080. The van der Waals surface area contributed by atoms with Gasteiger partial charge < -0.3 is 0 Å². The van der Waals surface area contributed by atoms with Gasteiger partial charge in [-0.05, 0) is 116 Å². The third kappa shape index (κ3) is 9.22. The van der Waals surface area contributed by atoms with Gasteiger partial charge in [-0.15, -0.1) is 0 Å². The summed E-state index contributed by atoms with van der Waals surface area (Å²) in [6, 6.07) is 43.2. The number of benzene rings is 5. The smallest absolute Gasteiger partial charge is 0.144 e. The van der Waals surface area contributed by atoms with Gasteiger partial charge in [-0.25, -0.2) is 4.98 Å². The monoisotopic (exact) mass is 812 g/mol. The Balaban J connectivity index is 1.06. The van der Waals surface area contributed by atoms with Crippen molar-refractivity contribution in [2.24, 2.45) is 17.8 Å². The predicted octanol–water partition coefficient (Wildman–Crippen LogP) is 13.8. The van der Waals surface area contributed by atoms with Crippen LogP contribution in [0.5, 0.6) is 0 Å². The van der Waals surface area contributed by atoms with Crippen LogP contribution in [0.2, 0.25) is 0 Å². The van der Waals surface area contributed by atoms with E-state index in [0.717, 1.165) is 64.3 Å². The number of hydrogen-bond acceptors (Lipinski definition) is 1. The second-order valence-corrected chi connectivity index (χ2v) is 16.4. The number of aromatic nitrogens is 2. The number of allylic oxidation sites excluding steroid dienone is 16. The molecule has 2 nitrogen and oxygen atoms in total. The molecule has 3 atom stereocenters. The lowest BCUT2D eigenvalue weighted by atomic mass is 9.70. The van der Waals surface area contributed by atoms with E-state index in [2.05, 4.69) is 219 Å². The molecule has 0 N–H and O–H groups in total. The average Bonchev–Trinajstić information content (AvgIpc) is 3.76. The summed E-state index contributed by atoms with van der Waals surface area (Å²) in [5.41, 5.74) is 11.1. The molecule has 5 aromatic carbocycles. The van der Waals surface area contributed by atoms with E-state index < -0.39 is 0 Å². The average molecular weight is 813 g/mol. The van der Waals surface area contributed by atoms with E-state index in [1.165, 1.54) is 37.9 Å². The van der Waals surface area contributed by atoms with E-state index in [1.807, 2.05) is 24.3 Å². The first-order valence-corrected chi connectivity index (χ1v) is 22.0. The Kier molecular flexibility index (Phi) is 12.3. The standard InChI is InChI=1S/C61H52N2/c1-4-5-24-53-43-63(54-25-12-9-13-26-54)61(62-53)52-37-39-58-50(42-52)34-31-45(3)55(58)29-18-21-47-33-38-59-56(44(2)30-32-46-19-10-8-11-20-46)27-14-6-7-15-28-57(60(59)40-47)51-36-35-48-22-16-17-23-49(48)41-51/h4-5,8-28,30-43,50,55,58H,1-3,6-7,29H2/b21-18+,24-5-,27-14-,28-15+,32-30-,59-56-,60-57+. The Morgan fingerprint density at radius 1 is 0.714 bits per heavy atom. The third-order valence-electron chi connectivity index (χ3n) is 12.3. The summed E-state index contributed by atoms with van der Waals surface area (Å²) in [6.45, 7) is 13.0. The molecule has 1 aromatic heterocycles. The van der Waals surface area contributed by atoms with Crippen LogP contribution >= 0.6 is 0 Å². The summed E-state index contributed by atoms with van der Waals surface area (Å²) in [7, 11) is 0. The largest absolute Gasteiger partial charge is 0.299 e. The van der Waals surface area contributed by atoms with E-state index in [0.29, 0.717) is 5.92 Å². The molecule has 0 saturated carbocycles. The maximum absolute atomic E-state index is 5.06. The molecule has 0 bridgehead atoms. The van der Waals surface area contributed by atoms with Gasteiger partial charge in [0.05, 0.1) is 5.69 Å². The lowest BCUT2D eigenvalue weighted by Gasteiger charge is -2.35. The van der Waals surface area contributed by atoms with Crippen LogP contribution < -0.4 is 10.4 Å². The van der Waals surface area contributed by atoms with Gasteiger partial charge in [-0.2, -0.15) is 0 Å². The molecular weight excluding hydrogens is 761 g/mol. The molecule has 0 spiro atoms. The first kappa shape index (κ1) is 40.8. The fraction of sp³-hybridized carbons (Fsp3) is 0.0984. The van der Waals surface area contributed by atoms with Crippen LogP contribution in [0.3, 0.4) is 0 Å². The van der Waals surface area contributed by atoms with Gasteiger partial charge >= 0.3 is 0 Å². The van der Waals surface area contributed by atoms with Gasteiger partial charge in [0.2, 0.25) is 0 Å². The molecule has 0 radical (unpaired) electrons. The van der Waals surface area contributed by atoms with Crippen LogP contribution in [0.15, 0.2) is 237 Å². The quantitative estimate of drug-likeness (QED) is 0.119. The molecule has 6 aromatic rings. The van der Waals surface area contributed by atoms with Crippen molar-refractivity contribution in [2.75, 3.05) is 0 Å². The predicted molar refractivity (Wildman–Crippen MR) is 270 cm³/mol. The minimum absolute atomic E-state index is 0.239. The fourth-order valence-electron chi connectivity index (χ4n) is 8.99. The van der Waals surface area contributed by atoms with Crippen LogP contribution in [-0.4, -0.2) is 9.55 Å². The molecule has 0 fully saturated rings. The van der Waals surface area contributed by atoms with E-state index in [-0.39, 0.29) is 11.8 Å². The molecule has 1 heterocycles. The van der Waals surface area contributed by atoms with Crippen LogP contribution in [-0.2, 0) is 0 Å². The summed E-state index contributed by atoms with van der Waals surface area (Å²) in [4.78, 5) is 5.06. The summed E-state index contributed by atoms with van der Waals surface area (Å²) in [6.07, 6.45) is 40.3. The van der Waals surface area contributed by atoms with Gasteiger partial charge in [-0.1, -0.05) is 214 Å². The van der Waals surface area contributed by atoms with Crippen molar-refractivity contribution in [3.8, 4) is 5.69 Å². The first-order chi connectivity index (χ1) is 31.0. The molecule has 3 aliphatic carbocycles. The number of para-hydroxylation sites is 1. The number of fused-ring (bicyclic) bond motifs is 3. The number of nitrogens with zero attached hydrogens (tertiary/aromatic N) is 2. The molecule has 306 valence electrons. The molecule has 3 aliphatic rings. The Hall–Kier alpha value is -7.55. The topological polar surface area (TPSA) is 17.8 Å². The van der Waals surface area contributed by atoms with Gasteiger partial charge in [0.1, 0.15) is 5.82 Å². The highest BCUT2D eigenvalue weighted by Crippen LogP contribution is 2.42. The van der Waals surface area contributed by atoms with Crippen molar-refractivity contribution in [3.05, 3.63) is 276 Å². The Morgan fingerprint density at radius 2 is 1.49 bits per heavy atom. The van der Waals surface area contributed by atoms with E-state index >= 15 is 0 Å². The fourth-order valence-corrected chi connectivity index (χ4v) is 8.99. The minimum atomic E-state index is 0.239.